The van der Waals surface area contributed by atoms with Gasteiger partial charge in [0.05, 0.1) is 16.1 Å². The zero-order chi connectivity index (χ0) is 19.2. The Morgan fingerprint density at radius 2 is 1.65 bits per heavy atom. The van der Waals surface area contributed by atoms with Crippen molar-refractivity contribution in [1.29, 1.82) is 0 Å². The van der Waals surface area contributed by atoms with Crippen molar-refractivity contribution in [2.24, 2.45) is 5.73 Å². The number of para-hydroxylation sites is 1. The molecule has 0 aromatic heterocycles. The summed E-state index contributed by atoms with van der Waals surface area (Å²) in [6, 6.07) is 14.6. The van der Waals surface area contributed by atoms with Crippen molar-refractivity contribution in [2.45, 2.75) is 17.7 Å². The number of anilines is 1. The van der Waals surface area contributed by atoms with Crippen molar-refractivity contribution in [3.05, 3.63) is 60.2 Å². The summed E-state index contributed by atoms with van der Waals surface area (Å²) in [6.45, 7) is 0.197. The summed E-state index contributed by atoms with van der Waals surface area (Å²) in [7, 11) is -2.10. The van der Waals surface area contributed by atoms with E-state index in [1.165, 1.54) is 29.6 Å². The molecule has 0 aliphatic carbocycles. The number of rotatable bonds is 8. The first kappa shape index (κ1) is 19.6. The molecule has 0 saturated carbocycles. The molecule has 2 aromatic carbocycles. The number of primary amides is 1. The lowest BCUT2D eigenvalue weighted by Gasteiger charge is -2.17. The number of nitrogens with zero attached hydrogens (tertiary/aromatic N) is 1. The minimum Gasteiger partial charge on any atom is -0.366 e. The van der Waals surface area contributed by atoms with Crippen LogP contribution >= 0.6 is 0 Å². The molecule has 0 radical (unpaired) electrons. The minimum absolute atomic E-state index is 0.113. The number of nitrogens with two attached hydrogens (primary N) is 1. The highest BCUT2D eigenvalue weighted by atomic mass is 32.2. The first-order valence-electron chi connectivity index (χ1n) is 8.02. The van der Waals surface area contributed by atoms with Crippen LogP contribution in [0.1, 0.15) is 23.2 Å². The third-order valence-corrected chi connectivity index (χ3v) is 5.67. The first-order valence-corrected chi connectivity index (χ1v) is 9.46. The Morgan fingerprint density at radius 1 is 1.04 bits per heavy atom. The smallest absolute Gasteiger partial charge is 0.250 e. The van der Waals surface area contributed by atoms with Crippen molar-refractivity contribution in [2.75, 3.05) is 18.9 Å². The molecule has 26 heavy (non-hydrogen) atoms. The number of carbonyl (C=O) groups is 2. The minimum atomic E-state index is -3.57. The van der Waals surface area contributed by atoms with E-state index in [1.807, 2.05) is 0 Å². The van der Waals surface area contributed by atoms with Gasteiger partial charge in [0.1, 0.15) is 0 Å². The fourth-order valence-electron chi connectivity index (χ4n) is 2.37. The molecule has 8 heteroatoms. The van der Waals surface area contributed by atoms with Gasteiger partial charge in [-0.25, -0.2) is 12.7 Å². The van der Waals surface area contributed by atoms with Crippen molar-refractivity contribution >= 4 is 27.5 Å². The van der Waals surface area contributed by atoms with Gasteiger partial charge in [-0.1, -0.05) is 30.3 Å². The Kier molecular flexibility index (Phi) is 6.48. The van der Waals surface area contributed by atoms with E-state index in [0.717, 1.165) is 0 Å². The summed E-state index contributed by atoms with van der Waals surface area (Å²) < 4.78 is 26.0. The predicted molar refractivity (Wildman–Crippen MR) is 99.1 cm³/mol. The van der Waals surface area contributed by atoms with Crippen molar-refractivity contribution in [3.63, 3.8) is 0 Å². The highest BCUT2D eigenvalue weighted by Crippen LogP contribution is 2.16. The van der Waals surface area contributed by atoms with Crippen molar-refractivity contribution < 1.29 is 18.0 Å². The van der Waals surface area contributed by atoms with Crippen LogP contribution in [0.15, 0.2) is 59.5 Å². The van der Waals surface area contributed by atoms with E-state index in [4.69, 9.17) is 5.73 Å². The summed E-state index contributed by atoms with van der Waals surface area (Å²) in [6.07, 6.45) is 0.453. The standard InChI is InChI=1S/C18H21N3O4S/c1-21(26(24,25)14-8-3-2-4-9-14)13-7-12-17(22)20-16-11-6-5-10-15(16)18(19)23/h2-6,8-11H,7,12-13H2,1H3,(H2,19,23)(H,20,22). The summed E-state index contributed by atoms with van der Waals surface area (Å²) in [4.78, 5) is 23.6. The van der Waals surface area contributed by atoms with Crippen LogP contribution in [-0.4, -0.2) is 38.1 Å². The van der Waals surface area contributed by atoms with Crippen LogP contribution in [0.3, 0.4) is 0 Å². The lowest BCUT2D eigenvalue weighted by atomic mass is 10.1. The Labute approximate surface area is 152 Å². The van der Waals surface area contributed by atoms with Crippen LogP contribution in [0.2, 0.25) is 0 Å². The number of carbonyl (C=O) groups excluding carboxylic acids is 2. The zero-order valence-electron chi connectivity index (χ0n) is 14.4. The quantitative estimate of drug-likeness (QED) is 0.733. The number of hydrogen-bond donors (Lipinski definition) is 2. The monoisotopic (exact) mass is 375 g/mol. The fourth-order valence-corrected chi connectivity index (χ4v) is 3.60. The number of sulfonamides is 1. The molecule has 3 N–H and O–H groups in total. The zero-order valence-corrected chi connectivity index (χ0v) is 15.2. The maximum Gasteiger partial charge on any atom is 0.250 e. The van der Waals surface area contributed by atoms with Crippen LogP contribution in [0.25, 0.3) is 0 Å². The molecule has 0 heterocycles. The molecule has 0 saturated heterocycles. The molecule has 2 aromatic rings. The molecule has 0 spiro atoms. The van der Waals surface area contributed by atoms with Gasteiger partial charge in [0.25, 0.3) is 5.91 Å². The normalized spacial score (nSPS) is 11.3. The second-order valence-electron chi connectivity index (χ2n) is 5.70. The second-order valence-corrected chi connectivity index (χ2v) is 7.75. The molecule has 0 aliphatic rings. The van der Waals surface area contributed by atoms with E-state index in [1.54, 1.807) is 36.4 Å². The summed E-state index contributed by atoms with van der Waals surface area (Å²) in [5.41, 5.74) is 5.84. The molecule has 138 valence electrons. The van der Waals surface area contributed by atoms with Gasteiger partial charge >= 0.3 is 0 Å². The van der Waals surface area contributed by atoms with Crippen LogP contribution < -0.4 is 11.1 Å². The topological polar surface area (TPSA) is 110 Å². The second kappa shape index (κ2) is 8.59. The van der Waals surface area contributed by atoms with Crippen LogP contribution in [-0.2, 0) is 14.8 Å². The van der Waals surface area contributed by atoms with E-state index in [9.17, 15) is 18.0 Å². The fraction of sp³-hybridized carbons (Fsp3) is 0.222. The number of benzene rings is 2. The average molecular weight is 375 g/mol. The van der Waals surface area contributed by atoms with Gasteiger partial charge in [-0.2, -0.15) is 0 Å². The van der Waals surface area contributed by atoms with Crippen LogP contribution in [0, 0.1) is 0 Å². The molecule has 0 atom stereocenters. The summed E-state index contributed by atoms with van der Waals surface area (Å²) in [5.74, 6) is -0.946. The SMILES string of the molecule is CN(CCCC(=O)Nc1ccccc1C(N)=O)S(=O)(=O)c1ccccc1. The highest BCUT2D eigenvalue weighted by molar-refractivity contribution is 7.89. The number of amides is 2. The molecule has 0 unspecified atom stereocenters. The number of nitrogens with one attached hydrogen (secondary N) is 1. The van der Waals surface area contributed by atoms with Crippen LogP contribution in [0.4, 0.5) is 5.69 Å². The van der Waals surface area contributed by atoms with E-state index in [0.29, 0.717) is 12.1 Å². The lowest BCUT2D eigenvalue weighted by Crippen LogP contribution is -2.28. The van der Waals surface area contributed by atoms with Crippen molar-refractivity contribution in [1.82, 2.24) is 4.31 Å². The Balaban J connectivity index is 1.90. The van der Waals surface area contributed by atoms with Gasteiger partial charge in [0.2, 0.25) is 15.9 Å². The maximum atomic E-state index is 12.4. The van der Waals surface area contributed by atoms with Gasteiger partial charge in [0.15, 0.2) is 0 Å². The molecular weight excluding hydrogens is 354 g/mol. The molecule has 0 aliphatic heterocycles. The molecule has 2 amide bonds. The van der Waals surface area contributed by atoms with Crippen LogP contribution in [0.5, 0.6) is 0 Å². The largest absolute Gasteiger partial charge is 0.366 e. The summed E-state index contributed by atoms with van der Waals surface area (Å²) >= 11 is 0. The highest BCUT2D eigenvalue weighted by Gasteiger charge is 2.20. The van der Waals surface area contributed by atoms with Crippen molar-refractivity contribution in [3.8, 4) is 0 Å². The van der Waals surface area contributed by atoms with E-state index >= 15 is 0 Å². The van der Waals surface area contributed by atoms with Gasteiger partial charge in [0, 0.05) is 20.0 Å². The third kappa shape index (κ3) is 4.90. The van der Waals surface area contributed by atoms with Gasteiger partial charge in [-0.15, -0.1) is 0 Å². The average Bonchev–Trinajstić information content (AvgIpc) is 2.62. The maximum absolute atomic E-state index is 12.4. The third-order valence-electron chi connectivity index (χ3n) is 3.79. The number of hydrogen-bond acceptors (Lipinski definition) is 4. The Bertz CT molecular complexity index is 882. The molecule has 0 fully saturated rings. The van der Waals surface area contributed by atoms with E-state index in [-0.39, 0.29) is 29.3 Å². The lowest BCUT2D eigenvalue weighted by molar-refractivity contribution is -0.116. The van der Waals surface area contributed by atoms with E-state index in [2.05, 4.69) is 5.32 Å². The first-order chi connectivity index (χ1) is 12.3. The Hall–Kier alpha value is -2.71. The molecular formula is C18H21N3O4S. The van der Waals surface area contributed by atoms with Gasteiger partial charge < -0.3 is 11.1 Å². The van der Waals surface area contributed by atoms with Gasteiger partial charge in [-0.05, 0) is 30.7 Å². The van der Waals surface area contributed by atoms with E-state index < -0.39 is 15.9 Å². The summed E-state index contributed by atoms with van der Waals surface area (Å²) in [5, 5.41) is 2.63. The molecule has 0 bridgehead atoms. The molecule has 2 rings (SSSR count). The molecule has 7 nitrogen and oxygen atoms in total. The van der Waals surface area contributed by atoms with Gasteiger partial charge in [-0.3, -0.25) is 9.59 Å². The predicted octanol–water partition coefficient (Wildman–Crippen LogP) is 1.82. The Morgan fingerprint density at radius 3 is 2.31 bits per heavy atom.